The van der Waals surface area contributed by atoms with Gasteiger partial charge < -0.3 is 0 Å². The molecule has 0 aliphatic rings. The van der Waals surface area contributed by atoms with Crippen molar-refractivity contribution in [3.63, 3.8) is 0 Å². The van der Waals surface area contributed by atoms with E-state index in [0.717, 1.165) is 6.92 Å². The Morgan fingerprint density at radius 2 is 1.57 bits per heavy atom. The lowest BCUT2D eigenvalue weighted by molar-refractivity contribution is -0.273. The third-order valence-corrected chi connectivity index (χ3v) is 2.72. The standard InChI is InChI=1S/C13H12F5NO2/c1-9(20)19(8-7-10-5-3-2-4-6-10)11(21)12(14,15)13(16,17)18/h2-6H,7-8H2,1H3. The molecule has 8 heteroatoms. The topological polar surface area (TPSA) is 37.4 Å². The van der Waals surface area contributed by atoms with Crippen LogP contribution in [0.2, 0.25) is 0 Å². The molecule has 0 fully saturated rings. The zero-order valence-corrected chi connectivity index (χ0v) is 11.0. The molecule has 0 saturated heterocycles. The number of halogens is 5. The van der Waals surface area contributed by atoms with Gasteiger partial charge in [0.2, 0.25) is 5.91 Å². The van der Waals surface area contributed by atoms with Crippen LogP contribution in [0, 0.1) is 0 Å². The van der Waals surface area contributed by atoms with Crippen molar-refractivity contribution in [2.45, 2.75) is 25.4 Å². The zero-order valence-electron chi connectivity index (χ0n) is 11.0. The van der Waals surface area contributed by atoms with Crippen LogP contribution in [0.4, 0.5) is 22.0 Å². The van der Waals surface area contributed by atoms with E-state index in [2.05, 4.69) is 0 Å². The van der Waals surface area contributed by atoms with Gasteiger partial charge in [-0.25, -0.2) is 0 Å². The number of carbonyl (C=O) groups is 2. The van der Waals surface area contributed by atoms with E-state index in [-0.39, 0.29) is 11.3 Å². The molecule has 0 atom stereocenters. The Morgan fingerprint density at radius 1 is 1.05 bits per heavy atom. The molecule has 1 rings (SSSR count). The molecule has 0 aliphatic heterocycles. The molecule has 0 heterocycles. The molecule has 0 saturated carbocycles. The lowest BCUT2D eigenvalue weighted by atomic mass is 10.1. The molecule has 3 nitrogen and oxygen atoms in total. The predicted molar refractivity (Wildman–Crippen MR) is 63.5 cm³/mol. The summed E-state index contributed by atoms with van der Waals surface area (Å²) in [6.45, 7) is 0.208. The highest BCUT2D eigenvalue weighted by Gasteiger charge is 2.65. The molecule has 1 aromatic rings. The molecular weight excluding hydrogens is 297 g/mol. The van der Waals surface area contributed by atoms with Crippen molar-refractivity contribution in [2.24, 2.45) is 0 Å². The first-order chi connectivity index (χ1) is 9.57. The second kappa shape index (κ2) is 6.19. The molecule has 0 unspecified atom stereocenters. The smallest absolute Gasteiger partial charge is 0.277 e. The lowest BCUT2D eigenvalue weighted by Crippen LogP contribution is -2.53. The van der Waals surface area contributed by atoms with Crippen LogP contribution in [-0.2, 0) is 16.0 Å². The first-order valence-corrected chi connectivity index (χ1v) is 5.88. The summed E-state index contributed by atoms with van der Waals surface area (Å²) in [6, 6.07) is 8.17. The first-order valence-electron chi connectivity index (χ1n) is 5.88. The van der Waals surface area contributed by atoms with Crippen LogP contribution in [-0.4, -0.2) is 35.4 Å². The van der Waals surface area contributed by atoms with Crippen molar-refractivity contribution in [3.05, 3.63) is 35.9 Å². The fraction of sp³-hybridized carbons (Fsp3) is 0.385. The highest BCUT2D eigenvalue weighted by molar-refractivity contribution is 5.98. The van der Waals surface area contributed by atoms with Crippen LogP contribution < -0.4 is 0 Å². The molecule has 0 N–H and O–H groups in total. The van der Waals surface area contributed by atoms with Gasteiger partial charge in [0.15, 0.2) is 0 Å². The van der Waals surface area contributed by atoms with Crippen molar-refractivity contribution >= 4 is 11.8 Å². The average molecular weight is 309 g/mol. The summed E-state index contributed by atoms with van der Waals surface area (Å²) in [4.78, 5) is 22.4. The first kappa shape index (κ1) is 17.1. The van der Waals surface area contributed by atoms with Crippen molar-refractivity contribution in [1.29, 1.82) is 0 Å². The summed E-state index contributed by atoms with van der Waals surface area (Å²) in [7, 11) is 0. The van der Waals surface area contributed by atoms with Crippen molar-refractivity contribution in [1.82, 2.24) is 4.90 Å². The quantitative estimate of drug-likeness (QED) is 0.802. The molecule has 0 spiro atoms. The van der Waals surface area contributed by atoms with Gasteiger partial charge in [-0.2, -0.15) is 22.0 Å². The Morgan fingerprint density at radius 3 is 2.00 bits per heavy atom. The van der Waals surface area contributed by atoms with Crippen LogP contribution in [0.3, 0.4) is 0 Å². The van der Waals surface area contributed by atoms with Gasteiger partial charge in [-0.15, -0.1) is 0 Å². The van der Waals surface area contributed by atoms with Crippen LogP contribution in [0.5, 0.6) is 0 Å². The van der Waals surface area contributed by atoms with Crippen LogP contribution in [0.15, 0.2) is 30.3 Å². The number of hydrogen-bond acceptors (Lipinski definition) is 2. The van der Waals surface area contributed by atoms with Crippen molar-refractivity contribution < 1.29 is 31.5 Å². The minimum atomic E-state index is -6.04. The Kier molecular flexibility index (Phi) is 5.03. The molecule has 0 aromatic heterocycles. The Hall–Kier alpha value is -1.99. The SMILES string of the molecule is CC(=O)N(CCc1ccccc1)C(=O)C(F)(F)C(F)(F)F. The maximum absolute atomic E-state index is 13.0. The van der Waals surface area contributed by atoms with Gasteiger partial charge in [0.05, 0.1) is 0 Å². The second-order valence-corrected chi connectivity index (χ2v) is 4.28. The second-order valence-electron chi connectivity index (χ2n) is 4.28. The zero-order chi connectivity index (χ0) is 16.3. The van der Waals surface area contributed by atoms with Gasteiger partial charge in [-0.1, -0.05) is 30.3 Å². The number of rotatable bonds is 4. The maximum atomic E-state index is 13.0. The number of benzene rings is 1. The summed E-state index contributed by atoms with van der Waals surface area (Å²) < 4.78 is 62.5. The molecule has 0 radical (unpaired) electrons. The van der Waals surface area contributed by atoms with E-state index in [1.165, 1.54) is 0 Å². The molecule has 21 heavy (non-hydrogen) atoms. The predicted octanol–water partition coefficient (Wildman–Crippen LogP) is 2.80. The number of carbonyl (C=O) groups excluding carboxylic acids is 2. The number of imide groups is 1. The summed E-state index contributed by atoms with van der Waals surface area (Å²) in [6.07, 6.45) is -6.05. The Labute approximate surface area is 117 Å². The van der Waals surface area contributed by atoms with E-state index in [1.807, 2.05) is 0 Å². The van der Waals surface area contributed by atoms with E-state index in [1.54, 1.807) is 30.3 Å². The van der Waals surface area contributed by atoms with Crippen LogP contribution in [0.25, 0.3) is 0 Å². The molecule has 0 aliphatic carbocycles. The monoisotopic (exact) mass is 309 g/mol. The summed E-state index contributed by atoms with van der Waals surface area (Å²) in [5.41, 5.74) is 0.604. The van der Waals surface area contributed by atoms with Gasteiger partial charge in [0.25, 0.3) is 0 Å². The minimum absolute atomic E-state index is 0.0138. The van der Waals surface area contributed by atoms with Crippen molar-refractivity contribution in [3.8, 4) is 0 Å². The number of amides is 2. The van der Waals surface area contributed by atoms with E-state index in [4.69, 9.17) is 0 Å². The third-order valence-electron chi connectivity index (χ3n) is 2.72. The highest BCUT2D eigenvalue weighted by atomic mass is 19.4. The molecular formula is C13H12F5NO2. The molecule has 116 valence electrons. The molecule has 1 aromatic carbocycles. The van der Waals surface area contributed by atoms with Crippen LogP contribution >= 0.6 is 0 Å². The number of alkyl halides is 5. The minimum Gasteiger partial charge on any atom is -0.277 e. The van der Waals surface area contributed by atoms with E-state index in [9.17, 15) is 31.5 Å². The molecule has 2 amide bonds. The van der Waals surface area contributed by atoms with Gasteiger partial charge in [-0.05, 0) is 12.0 Å². The van der Waals surface area contributed by atoms with Crippen molar-refractivity contribution in [2.75, 3.05) is 6.54 Å². The third kappa shape index (κ3) is 3.99. The summed E-state index contributed by atoms with van der Waals surface area (Å²) >= 11 is 0. The van der Waals surface area contributed by atoms with Gasteiger partial charge >= 0.3 is 18.0 Å². The van der Waals surface area contributed by atoms with E-state index < -0.39 is 30.5 Å². The Bertz CT molecular complexity index is 513. The number of nitrogens with zero attached hydrogens (tertiary/aromatic N) is 1. The normalized spacial score (nSPS) is 12.1. The largest absolute Gasteiger partial charge is 0.463 e. The van der Waals surface area contributed by atoms with Gasteiger partial charge in [0, 0.05) is 13.5 Å². The van der Waals surface area contributed by atoms with Gasteiger partial charge in [0.1, 0.15) is 0 Å². The fourth-order valence-electron chi connectivity index (χ4n) is 1.58. The number of hydrogen-bond donors (Lipinski definition) is 0. The Balaban J connectivity index is 2.88. The molecule has 0 bridgehead atoms. The van der Waals surface area contributed by atoms with Crippen LogP contribution in [0.1, 0.15) is 12.5 Å². The maximum Gasteiger partial charge on any atom is 0.463 e. The van der Waals surface area contributed by atoms with E-state index >= 15 is 0 Å². The van der Waals surface area contributed by atoms with Gasteiger partial charge in [-0.3, -0.25) is 14.5 Å². The summed E-state index contributed by atoms with van der Waals surface area (Å²) in [5, 5.41) is 0. The average Bonchev–Trinajstić information content (AvgIpc) is 2.38. The summed E-state index contributed by atoms with van der Waals surface area (Å²) in [5.74, 6) is -9.31. The highest BCUT2D eigenvalue weighted by Crippen LogP contribution is 2.36. The lowest BCUT2D eigenvalue weighted by Gasteiger charge is -2.25. The van der Waals surface area contributed by atoms with E-state index in [0.29, 0.717) is 5.56 Å². The fourth-order valence-corrected chi connectivity index (χ4v) is 1.58.